The molecule has 0 aliphatic carbocycles. The SMILES string of the molecule is CCC(=O)OC(OP(=O)(CC(Cc1cc(-c2ccccc2)no1)C(=O)NC(Cc1ccc(O)cc1)C(=O)O)[C@H](Cc1ccccc1)NC(=O)OCc1ccccc1)C(C)C. The number of rotatable bonds is 21. The van der Waals surface area contributed by atoms with Crippen molar-refractivity contribution in [3.63, 3.8) is 0 Å². The molecule has 0 aliphatic rings. The fraction of sp³-hybridized carbons (Fsp3) is 0.311. The zero-order valence-electron chi connectivity index (χ0n) is 33.6. The molecule has 4 aromatic carbocycles. The summed E-state index contributed by atoms with van der Waals surface area (Å²) >= 11 is 0. The first-order valence-corrected chi connectivity index (χ1v) is 21.5. The van der Waals surface area contributed by atoms with Crippen LogP contribution in [-0.4, -0.2) is 63.6 Å². The van der Waals surface area contributed by atoms with E-state index in [1.54, 1.807) is 81.4 Å². The summed E-state index contributed by atoms with van der Waals surface area (Å²) in [7, 11) is -4.45. The van der Waals surface area contributed by atoms with E-state index in [0.29, 0.717) is 22.4 Å². The predicted molar refractivity (Wildman–Crippen MR) is 223 cm³/mol. The summed E-state index contributed by atoms with van der Waals surface area (Å²) in [5, 5.41) is 29.6. The second kappa shape index (κ2) is 21.7. The topological polar surface area (TPSA) is 204 Å². The molecule has 2 amide bonds. The first-order chi connectivity index (χ1) is 28.8. The van der Waals surface area contributed by atoms with Gasteiger partial charge in [-0.3, -0.25) is 18.7 Å². The van der Waals surface area contributed by atoms with Crippen LogP contribution in [0.5, 0.6) is 5.75 Å². The zero-order valence-corrected chi connectivity index (χ0v) is 34.5. The lowest BCUT2D eigenvalue weighted by Crippen LogP contribution is -2.47. The lowest BCUT2D eigenvalue weighted by atomic mass is 10.0. The molecule has 0 fully saturated rings. The minimum absolute atomic E-state index is 0.00767. The normalized spacial score (nSPS) is 14.2. The van der Waals surface area contributed by atoms with Gasteiger partial charge in [-0.25, -0.2) is 9.59 Å². The van der Waals surface area contributed by atoms with Crippen molar-refractivity contribution in [2.75, 3.05) is 6.16 Å². The average molecular weight is 840 g/mol. The van der Waals surface area contributed by atoms with Crippen molar-refractivity contribution in [1.29, 1.82) is 0 Å². The number of phenols is 1. The van der Waals surface area contributed by atoms with E-state index in [-0.39, 0.29) is 43.8 Å². The number of aromatic nitrogens is 1. The van der Waals surface area contributed by atoms with Crippen molar-refractivity contribution < 1.29 is 52.5 Å². The fourth-order valence-corrected chi connectivity index (χ4v) is 9.07. The number of nitrogens with one attached hydrogen (secondary N) is 2. The van der Waals surface area contributed by atoms with E-state index < -0.39 is 67.4 Å². The Morgan fingerprint density at radius 2 is 1.38 bits per heavy atom. The highest BCUT2D eigenvalue weighted by Gasteiger charge is 2.44. The van der Waals surface area contributed by atoms with Crippen LogP contribution in [-0.2, 0) is 58.8 Å². The molecule has 4 N–H and O–H groups in total. The van der Waals surface area contributed by atoms with Gasteiger partial charge in [0.2, 0.25) is 19.6 Å². The molecule has 1 aromatic heterocycles. The minimum Gasteiger partial charge on any atom is -0.508 e. The van der Waals surface area contributed by atoms with Crippen molar-refractivity contribution in [1.82, 2.24) is 15.8 Å². The van der Waals surface area contributed by atoms with Gasteiger partial charge in [-0.1, -0.05) is 129 Å². The lowest BCUT2D eigenvalue weighted by molar-refractivity contribution is -0.169. The van der Waals surface area contributed by atoms with Crippen LogP contribution in [0.2, 0.25) is 0 Å². The van der Waals surface area contributed by atoms with Gasteiger partial charge < -0.3 is 34.8 Å². The number of amides is 2. The highest BCUT2D eigenvalue weighted by molar-refractivity contribution is 7.59. The van der Waals surface area contributed by atoms with Gasteiger partial charge >= 0.3 is 18.0 Å². The number of hydrogen-bond donors (Lipinski definition) is 4. The van der Waals surface area contributed by atoms with Crippen LogP contribution in [0.15, 0.2) is 126 Å². The van der Waals surface area contributed by atoms with E-state index >= 15 is 4.57 Å². The van der Waals surface area contributed by atoms with E-state index in [2.05, 4.69) is 15.8 Å². The number of nitrogens with zero attached hydrogens (tertiary/aromatic N) is 1. The van der Waals surface area contributed by atoms with E-state index in [4.69, 9.17) is 18.5 Å². The molecule has 316 valence electrons. The number of esters is 1. The average Bonchev–Trinajstić information content (AvgIpc) is 3.72. The molecule has 5 rings (SSSR count). The molecule has 0 aliphatic heterocycles. The summed E-state index contributed by atoms with van der Waals surface area (Å²) in [6, 6.07) is 33.1. The first-order valence-electron chi connectivity index (χ1n) is 19.6. The van der Waals surface area contributed by atoms with Gasteiger partial charge in [-0.15, -0.1) is 0 Å². The molecular weight excluding hydrogens is 789 g/mol. The van der Waals surface area contributed by atoms with E-state index in [9.17, 15) is 29.4 Å². The number of alkyl carbamates (subject to hydrolysis) is 1. The molecule has 4 unspecified atom stereocenters. The third-order valence-electron chi connectivity index (χ3n) is 9.52. The van der Waals surface area contributed by atoms with Crippen molar-refractivity contribution in [2.45, 2.75) is 71.2 Å². The number of aliphatic carboxylic acids is 1. The molecule has 15 heteroatoms. The van der Waals surface area contributed by atoms with Crippen LogP contribution in [0, 0.1) is 11.8 Å². The third-order valence-corrected chi connectivity index (χ3v) is 12.3. The number of carboxylic acids is 1. The van der Waals surface area contributed by atoms with E-state index in [0.717, 1.165) is 5.56 Å². The number of carboxylic acid groups (broad SMARTS) is 1. The summed E-state index contributed by atoms with van der Waals surface area (Å²) in [5.41, 5.74) is 3.09. The molecule has 0 saturated heterocycles. The van der Waals surface area contributed by atoms with Crippen molar-refractivity contribution in [3.05, 3.63) is 144 Å². The number of aromatic hydroxyl groups is 1. The summed E-state index contributed by atoms with van der Waals surface area (Å²) in [5.74, 6) is -5.76. The number of benzene rings is 4. The number of hydrogen-bond acceptors (Lipinski definition) is 11. The summed E-state index contributed by atoms with van der Waals surface area (Å²) in [6.07, 6.45) is -3.29. The van der Waals surface area contributed by atoms with Gasteiger partial charge in [-0.05, 0) is 28.8 Å². The second-order valence-corrected chi connectivity index (χ2v) is 17.2. The Balaban J connectivity index is 1.56. The molecule has 0 spiro atoms. The van der Waals surface area contributed by atoms with Crippen LogP contribution in [0.3, 0.4) is 0 Å². The summed E-state index contributed by atoms with van der Waals surface area (Å²) < 4.78 is 39.2. The molecule has 5 atom stereocenters. The molecule has 5 aromatic rings. The molecular formula is C45H50N3O11P. The largest absolute Gasteiger partial charge is 0.508 e. The highest BCUT2D eigenvalue weighted by atomic mass is 31.2. The number of ether oxygens (including phenoxy) is 2. The zero-order chi connectivity index (χ0) is 43.1. The van der Waals surface area contributed by atoms with Gasteiger partial charge in [0.05, 0.1) is 5.92 Å². The Labute approximate surface area is 348 Å². The Morgan fingerprint density at radius 3 is 1.98 bits per heavy atom. The quantitative estimate of drug-likeness (QED) is 0.0318. The number of phenolic OH excluding ortho intramolecular Hbond substituents is 1. The Bertz CT molecular complexity index is 2200. The molecule has 60 heavy (non-hydrogen) atoms. The van der Waals surface area contributed by atoms with Crippen LogP contribution in [0.1, 0.15) is 49.6 Å². The lowest BCUT2D eigenvalue weighted by Gasteiger charge is -2.34. The van der Waals surface area contributed by atoms with Gasteiger partial charge in [0.25, 0.3) is 0 Å². The Morgan fingerprint density at radius 1 is 0.783 bits per heavy atom. The molecule has 0 radical (unpaired) electrons. The van der Waals surface area contributed by atoms with Crippen LogP contribution >= 0.6 is 7.37 Å². The number of carbonyl (C=O) groups is 4. The van der Waals surface area contributed by atoms with Gasteiger partial charge in [0, 0.05) is 49.4 Å². The third kappa shape index (κ3) is 13.4. The second-order valence-electron chi connectivity index (χ2n) is 14.6. The van der Waals surface area contributed by atoms with Crippen molar-refractivity contribution in [3.8, 4) is 17.0 Å². The predicted octanol–water partition coefficient (Wildman–Crippen LogP) is 7.74. The van der Waals surface area contributed by atoms with E-state index in [1.807, 2.05) is 36.4 Å². The van der Waals surface area contributed by atoms with Gasteiger partial charge in [0.15, 0.2) is 0 Å². The molecule has 0 bridgehead atoms. The molecule has 0 saturated carbocycles. The maximum absolute atomic E-state index is 15.9. The first kappa shape index (κ1) is 44.9. The van der Waals surface area contributed by atoms with Crippen molar-refractivity contribution >= 4 is 31.3 Å². The maximum atomic E-state index is 15.9. The van der Waals surface area contributed by atoms with E-state index in [1.165, 1.54) is 24.3 Å². The fourth-order valence-electron chi connectivity index (χ4n) is 6.24. The standard InChI is InChI=1S/C45H50N3O11P/c1-4-41(50)57-44(30(2)3)59-60(55,40(25-31-14-8-5-9-15-31)47-45(54)56-28-33-16-10-6-11-17-33)29-35(26-37-27-38(48-58-37)34-18-12-7-13-19-34)42(51)46-39(43(52)53)24-32-20-22-36(49)23-21-32/h5-23,27,30,35,39-40,44,49H,4,24-26,28-29H2,1-3H3,(H,46,51)(H,47,54)(H,52,53)/t35?,39?,40-,44?,60?/m1/s1. The summed E-state index contributed by atoms with van der Waals surface area (Å²) in [4.78, 5) is 53.4. The monoisotopic (exact) mass is 839 g/mol. The van der Waals surface area contributed by atoms with Gasteiger partial charge in [0.1, 0.15) is 35.6 Å². The molecule has 1 heterocycles. The minimum atomic E-state index is -4.45. The Kier molecular flexibility index (Phi) is 16.2. The smallest absolute Gasteiger partial charge is 0.408 e. The summed E-state index contributed by atoms with van der Waals surface area (Å²) in [6.45, 7) is 4.91. The van der Waals surface area contributed by atoms with Crippen LogP contribution in [0.25, 0.3) is 11.3 Å². The Hall–Kier alpha value is -6.24. The van der Waals surface area contributed by atoms with Crippen LogP contribution < -0.4 is 10.6 Å². The highest BCUT2D eigenvalue weighted by Crippen LogP contribution is 2.55. The number of carbonyl (C=O) groups excluding carboxylic acids is 3. The molecule has 14 nitrogen and oxygen atoms in total. The van der Waals surface area contributed by atoms with Crippen molar-refractivity contribution in [2.24, 2.45) is 11.8 Å². The van der Waals surface area contributed by atoms with Crippen LogP contribution in [0.4, 0.5) is 4.79 Å². The maximum Gasteiger partial charge on any atom is 0.408 e. The van der Waals surface area contributed by atoms with Gasteiger partial charge in [-0.2, -0.15) is 0 Å².